The maximum absolute atomic E-state index is 12.6. The number of sulfone groups is 1. The van der Waals surface area contributed by atoms with Crippen LogP contribution in [0.4, 0.5) is 0 Å². The van der Waals surface area contributed by atoms with Crippen LogP contribution in [-0.4, -0.2) is 45.7 Å². The van der Waals surface area contributed by atoms with E-state index in [9.17, 15) is 27.6 Å². The Morgan fingerprint density at radius 3 is 2.46 bits per heavy atom. The Morgan fingerprint density at radius 1 is 1.11 bits per heavy atom. The third kappa shape index (κ3) is 4.36. The molecule has 2 heterocycles. The lowest BCUT2D eigenvalue weighted by molar-refractivity contribution is -0.160. The van der Waals surface area contributed by atoms with Gasteiger partial charge in [-0.05, 0) is 74.1 Å². The summed E-state index contributed by atoms with van der Waals surface area (Å²) in [6.07, 6.45) is 7.74. The van der Waals surface area contributed by atoms with E-state index in [2.05, 4.69) is 4.98 Å². The number of fused-ring (bicyclic) bond motifs is 1. The number of aromatic amines is 1. The van der Waals surface area contributed by atoms with Crippen molar-refractivity contribution in [1.82, 2.24) is 9.55 Å². The Kier molecular flexibility index (Phi) is 5.57. The van der Waals surface area contributed by atoms with Gasteiger partial charge >= 0.3 is 7.82 Å². The smallest absolute Gasteiger partial charge is 0.469 e. The fraction of sp³-hybridized carbons (Fsp3) is 0.480. The number of aryl methyl sites for hydroxylation is 1. The van der Waals surface area contributed by atoms with E-state index in [0.717, 1.165) is 25.5 Å². The summed E-state index contributed by atoms with van der Waals surface area (Å²) in [5.41, 5.74) is 0.934. The first-order chi connectivity index (χ1) is 17.3. The standard InChI is InChI=1S/C25H29N2O8PS/c1-27-13-20(18-5-6-26-22(18)24(27)28)19-9-17(37(2,32)33)3-4-21(19)34-25-10-14-7-15(11-25)23(16(8-14)12-25)35-36(29,30)31/h3-6,9,13-16,23,26H,7-8,10-12H2,1-2H3,(H2,29,30,31). The van der Waals surface area contributed by atoms with E-state index in [0.29, 0.717) is 46.5 Å². The van der Waals surface area contributed by atoms with Gasteiger partial charge in [-0.3, -0.25) is 9.32 Å². The molecule has 0 radical (unpaired) electrons. The molecule has 3 N–H and O–H groups in total. The van der Waals surface area contributed by atoms with Gasteiger partial charge in [0.05, 0.1) is 11.0 Å². The van der Waals surface area contributed by atoms with Gasteiger partial charge in [0.25, 0.3) is 5.56 Å². The van der Waals surface area contributed by atoms with E-state index in [4.69, 9.17) is 9.26 Å². The summed E-state index contributed by atoms with van der Waals surface area (Å²) < 4.78 is 50.0. The first-order valence-electron chi connectivity index (χ1n) is 12.3. The molecule has 7 rings (SSSR count). The van der Waals surface area contributed by atoms with Crippen LogP contribution in [0.1, 0.15) is 32.1 Å². The highest BCUT2D eigenvalue weighted by molar-refractivity contribution is 7.90. The number of nitrogens with zero attached hydrogens (tertiary/aromatic N) is 1. The maximum atomic E-state index is 12.6. The van der Waals surface area contributed by atoms with Crippen LogP contribution in [0.15, 0.2) is 46.3 Å². The van der Waals surface area contributed by atoms with E-state index < -0.39 is 29.4 Å². The Bertz CT molecular complexity index is 1610. The van der Waals surface area contributed by atoms with Crippen molar-refractivity contribution in [2.24, 2.45) is 24.8 Å². The number of phosphoric ester groups is 1. The van der Waals surface area contributed by atoms with Gasteiger partial charge in [0.2, 0.25) is 0 Å². The van der Waals surface area contributed by atoms with Crippen molar-refractivity contribution in [3.05, 3.63) is 47.0 Å². The molecule has 4 saturated carbocycles. The molecule has 1 aromatic carbocycles. The van der Waals surface area contributed by atoms with Crippen LogP contribution in [0.5, 0.6) is 5.75 Å². The first-order valence-corrected chi connectivity index (χ1v) is 15.7. The number of benzene rings is 1. The molecule has 4 fully saturated rings. The zero-order valence-corrected chi connectivity index (χ0v) is 22.2. The highest BCUT2D eigenvalue weighted by Gasteiger charge is 2.58. The minimum atomic E-state index is -4.61. The zero-order chi connectivity index (χ0) is 26.3. The second-order valence-electron chi connectivity index (χ2n) is 11.0. The average Bonchev–Trinajstić information content (AvgIpc) is 3.27. The van der Waals surface area contributed by atoms with Crippen molar-refractivity contribution in [2.75, 3.05) is 6.26 Å². The number of rotatable bonds is 6. The van der Waals surface area contributed by atoms with Crippen LogP contribution < -0.4 is 10.3 Å². The van der Waals surface area contributed by atoms with E-state index in [1.807, 2.05) is 0 Å². The summed E-state index contributed by atoms with van der Waals surface area (Å²) in [5.74, 6) is 0.850. The van der Waals surface area contributed by atoms with Crippen molar-refractivity contribution in [1.29, 1.82) is 0 Å². The molecule has 4 aliphatic carbocycles. The fourth-order valence-electron chi connectivity index (χ4n) is 7.11. The molecule has 2 atom stereocenters. The summed E-state index contributed by atoms with van der Waals surface area (Å²) in [4.78, 5) is 34.7. The number of hydrogen-bond donors (Lipinski definition) is 3. The highest BCUT2D eigenvalue weighted by Crippen LogP contribution is 2.60. The molecule has 0 aliphatic heterocycles. The van der Waals surface area contributed by atoms with E-state index in [1.54, 1.807) is 37.6 Å². The maximum Gasteiger partial charge on any atom is 0.469 e. The minimum absolute atomic E-state index is 0.0217. The minimum Gasteiger partial charge on any atom is -0.487 e. The Balaban J connectivity index is 1.44. The Labute approximate surface area is 213 Å². The van der Waals surface area contributed by atoms with Gasteiger partial charge in [-0.25, -0.2) is 13.0 Å². The fourth-order valence-corrected chi connectivity index (χ4v) is 8.42. The zero-order valence-electron chi connectivity index (χ0n) is 20.5. The molecular weight excluding hydrogens is 519 g/mol. The Morgan fingerprint density at radius 2 is 1.81 bits per heavy atom. The summed E-state index contributed by atoms with van der Waals surface area (Å²) in [5, 5.41) is 0.666. The largest absolute Gasteiger partial charge is 0.487 e. The SMILES string of the molecule is Cn1cc(-c2cc(S(C)(=O)=O)ccc2OC23CC4CC(C2)C(OP(=O)(O)O)C(C4)C3)c2cc[nH]c2c1=O. The van der Waals surface area contributed by atoms with Gasteiger partial charge in [0, 0.05) is 42.2 Å². The third-order valence-electron chi connectivity index (χ3n) is 8.28. The van der Waals surface area contributed by atoms with Crippen LogP contribution in [0, 0.1) is 17.8 Å². The molecule has 12 heteroatoms. The van der Waals surface area contributed by atoms with E-state index in [1.165, 1.54) is 10.6 Å². The van der Waals surface area contributed by atoms with Crippen molar-refractivity contribution in [3.8, 4) is 16.9 Å². The number of pyridine rings is 1. The van der Waals surface area contributed by atoms with Crippen LogP contribution in [-0.2, 0) is 26.0 Å². The van der Waals surface area contributed by atoms with Crippen LogP contribution in [0.2, 0.25) is 0 Å². The van der Waals surface area contributed by atoms with Crippen LogP contribution >= 0.6 is 7.82 Å². The molecule has 2 unspecified atom stereocenters. The van der Waals surface area contributed by atoms with E-state index >= 15 is 0 Å². The number of ether oxygens (including phenoxy) is 1. The summed E-state index contributed by atoms with van der Waals surface area (Å²) in [7, 11) is -6.47. The van der Waals surface area contributed by atoms with Crippen molar-refractivity contribution in [3.63, 3.8) is 0 Å². The molecular formula is C25H29N2O8PS. The molecule has 4 bridgehead atoms. The van der Waals surface area contributed by atoms with Gasteiger partial charge in [0.15, 0.2) is 9.84 Å². The predicted molar refractivity (Wildman–Crippen MR) is 136 cm³/mol. The van der Waals surface area contributed by atoms with Gasteiger partial charge < -0.3 is 24.1 Å². The highest BCUT2D eigenvalue weighted by atomic mass is 32.2. The molecule has 198 valence electrons. The van der Waals surface area contributed by atoms with Gasteiger partial charge in [-0.2, -0.15) is 0 Å². The number of H-pyrrole nitrogens is 1. The predicted octanol–water partition coefficient (Wildman–Crippen LogP) is 3.37. The van der Waals surface area contributed by atoms with Crippen molar-refractivity contribution >= 4 is 28.6 Å². The topological polar surface area (TPSA) is 148 Å². The normalized spacial score (nSPS) is 29.2. The molecule has 0 spiro atoms. The summed E-state index contributed by atoms with van der Waals surface area (Å²) in [6, 6.07) is 6.59. The molecule has 10 nitrogen and oxygen atoms in total. The van der Waals surface area contributed by atoms with Gasteiger partial charge in [-0.1, -0.05) is 0 Å². The lowest BCUT2D eigenvalue weighted by atomic mass is 9.53. The second-order valence-corrected chi connectivity index (χ2v) is 14.2. The molecule has 3 aromatic rings. The molecule has 0 amide bonds. The first kappa shape index (κ1) is 24.9. The number of aromatic nitrogens is 2. The summed E-state index contributed by atoms with van der Waals surface area (Å²) in [6.45, 7) is 0. The monoisotopic (exact) mass is 548 g/mol. The number of phosphoric acid groups is 1. The quantitative estimate of drug-likeness (QED) is 0.397. The third-order valence-corrected chi connectivity index (χ3v) is 9.91. The Hall–Kier alpha value is -2.43. The molecule has 2 aromatic heterocycles. The van der Waals surface area contributed by atoms with Crippen molar-refractivity contribution in [2.45, 2.75) is 48.7 Å². The molecule has 4 aliphatic rings. The lowest BCUT2D eigenvalue weighted by Crippen LogP contribution is -2.59. The number of nitrogens with one attached hydrogen (secondary N) is 1. The van der Waals surface area contributed by atoms with Crippen LogP contribution in [0.3, 0.4) is 0 Å². The number of hydrogen-bond acceptors (Lipinski definition) is 6. The lowest BCUT2D eigenvalue weighted by Gasteiger charge is -2.59. The molecule has 0 saturated heterocycles. The average molecular weight is 549 g/mol. The summed E-state index contributed by atoms with van der Waals surface area (Å²) >= 11 is 0. The van der Waals surface area contributed by atoms with Gasteiger partial charge in [0.1, 0.15) is 16.9 Å². The second kappa shape index (κ2) is 8.28. The van der Waals surface area contributed by atoms with Gasteiger partial charge in [-0.15, -0.1) is 0 Å². The molecule has 37 heavy (non-hydrogen) atoms. The van der Waals surface area contributed by atoms with E-state index in [-0.39, 0.29) is 22.3 Å². The van der Waals surface area contributed by atoms with Crippen molar-refractivity contribution < 1.29 is 32.0 Å². The van der Waals surface area contributed by atoms with Crippen LogP contribution in [0.25, 0.3) is 22.0 Å².